The summed E-state index contributed by atoms with van der Waals surface area (Å²) in [5.41, 5.74) is 6.63. The van der Waals surface area contributed by atoms with Crippen LogP contribution < -0.4 is 15.2 Å². The molecule has 98 valence electrons. The van der Waals surface area contributed by atoms with Crippen LogP contribution in [-0.2, 0) is 5.75 Å². The van der Waals surface area contributed by atoms with Crippen LogP contribution in [0.25, 0.3) is 0 Å². The first kappa shape index (κ1) is 12.2. The van der Waals surface area contributed by atoms with E-state index in [2.05, 4.69) is 4.98 Å². The monoisotopic (exact) mass is 274 g/mol. The van der Waals surface area contributed by atoms with Gasteiger partial charge < -0.3 is 15.2 Å². The van der Waals surface area contributed by atoms with Crippen LogP contribution in [0.2, 0.25) is 0 Å². The molecule has 2 heterocycles. The van der Waals surface area contributed by atoms with Crippen LogP contribution in [0.5, 0.6) is 11.5 Å². The Morgan fingerprint density at radius 1 is 1.11 bits per heavy atom. The summed E-state index contributed by atoms with van der Waals surface area (Å²) in [5, 5.41) is 0. The fraction of sp³-hybridized carbons (Fsp3) is 0.214. The van der Waals surface area contributed by atoms with Gasteiger partial charge >= 0.3 is 0 Å². The number of thioether (sulfide) groups is 1. The van der Waals surface area contributed by atoms with Crippen molar-refractivity contribution in [3.05, 3.63) is 42.1 Å². The molecule has 1 aliphatic heterocycles. The summed E-state index contributed by atoms with van der Waals surface area (Å²) >= 11 is 1.70. The Labute approximate surface area is 115 Å². The second kappa shape index (κ2) is 5.40. The first-order valence-electron chi connectivity index (χ1n) is 6.05. The smallest absolute Gasteiger partial charge is 0.162 e. The van der Waals surface area contributed by atoms with Crippen molar-refractivity contribution in [3.8, 4) is 11.5 Å². The van der Waals surface area contributed by atoms with Crippen molar-refractivity contribution in [2.45, 2.75) is 10.6 Å². The Morgan fingerprint density at radius 2 is 1.95 bits per heavy atom. The van der Waals surface area contributed by atoms with E-state index in [1.54, 1.807) is 17.8 Å². The van der Waals surface area contributed by atoms with E-state index in [4.69, 9.17) is 15.2 Å². The average molecular weight is 274 g/mol. The third-order valence-electron chi connectivity index (χ3n) is 2.73. The minimum atomic E-state index is 0.556. The number of nitrogen functional groups attached to an aromatic ring is 1. The lowest BCUT2D eigenvalue weighted by atomic mass is 10.3. The number of rotatable bonds is 3. The van der Waals surface area contributed by atoms with Gasteiger partial charge in [-0.15, -0.1) is 11.8 Å². The van der Waals surface area contributed by atoms with E-state index in [0.29, 0.717) is 19.0 Å². The summed E-state index contributed by atoms with van der Waals surface area (Å²) in [6.07, 6.45) is 0. The largest absolute Gasteiger partial charge is 0.486 e. The first-order chi connectivity index (χ1) is 9.31. The van der Waals surface area contributed by atoms with E-state index in [1.807, 2.05) is 30.3 Å². The number of nitrogens with zero attached hydrogens (tertiary/aromatic N) is 1. The molecule has 0 unspecified atom stereocenters. The lowest BCUT2D eigenvalue weighted by Gasteiger charge is -2.18. The van der Waals surface area contributed by atoms with Crippen LogP contribution in [0.3, 0.4) is 0 Å². The number of hydrogen-bond donors (Lipinski definition) is 1. The van der Waals surface area contributed by atoms with E-state index in [9.17, 15) is 0 Å². The maximum absolute atomic E-state index is 5.66. The SMILES string of the molecule is Nc1cccc(CSc2ccc3c(c2)OCCO3)n1. The number of anilines is 1. The molecule has 4 nitrogen and oxygen atoms in total. The molecular formula is C14H14N2O2S. The molecule has 0 fully saturated rings. The summed E-state index contributed by atoms with van der Waals surface area (Å²) < 4.78 is 11.1. The lowest BCUT2D eigenvalue weighted by Crippen LogP contribution is -2.15. The fourth-order valence-electron chi connectivity index (χ4n) is 1.85. The van der Waals surface area contributed by atoms with Gasteiger partial charge in [0.15, 0.2) is 11.5 Å². The molecule has 2 aromatic rings. The molecule has 1 aromatic heterocycles. The quantitative estimate of drug-likeness (QED) is 0.872. The van der Waals surface area contributed by atoms with Crippen molar-refractivity contribution >= 4 is 17.6 Å². The lowest BCUT2D eigenvalue weighted by molar-refractivity contribution is 0.171. The summed E-state index contributed by atoms with van der Waals surface area (Å²) in [5.74, 6) is 2.97. The maximum atomic E-state index is 5.66. The molecule has 3 rings (SSSR count). The van der Waals surface area contributed by atoms with E-state index >= 15 is 0 Å². The number of hydrogen-bond acceptors (Lipinski definition) is 5. The van der Waals surface area contributed by atoms with Gasteiger partial charge in [-0.05, 0) is 30.3 Å². The normalized spacial score (nSPS) is 13.3. The summed E-state index contributed by atoms with van der Waals surface area (Å²) in [7, 11) is 0. The molecule has 0 atom stereocenters. The highest BCUT2D eigenvalue weighted by molar-refractivity contribution is 7.98. The van der Waals surface area contributed by atoms with Gasteiger partial charge in [0.25, 0.3) is 0 Å². The molecule has 5 heteroatoms. The number of ether oxygens (including phenoxy) is 2. The van der Waals surface area contributed by atoms with E-state index in [0.717, 1.165) is 27.8 Å². The molecule has 0 radical (unpaired) electrons. The number of aromatic nitrogens is 1. The maximum Gasteiger partial charge on any atom is 0.162 e. The number of fused-ring (bicyclic) bond motifs is 1. The summed E-state index contributed by atoms with van der Waals surface area (Å²) in [4.78, 5) is 5.41. The second-order valence-electron chi connectivity index (χ2n) is 4.15. The van der Waals surface area contributed by atoms with Crippen molar-refractivity contribution in [1.82, 2.24) is 4.98 Å². The predicted molar refractivity (Wildman–Crippen MR) is 75.6 cm³/mol. The summed E-state index contributed by atoms with van der Waals surface area (Å²) in [6.45, 7) is 1.23. The fourth-order valence-corrected chi connectivity index (χ4v) is 2.68. The molecular weight excluding hydrogens is 260 g/mol. The third kappa shape index (κ3) is 2.93. The van der Waals surface area contributed by atoms with Crippen LogP contribution in [0, 0.1) is 0 Å². The van der Waals surface area contributed by atoms with Gasteiger partial charge in [-0.3, -0.25) is 0 Å². The second-order valence-corrected chi connectivity index (χ2v) is 5.20. The van der Waals surface area contributed by atoms with Gasteiger partial charge in [-0.2, -0.15) is 0 Å². The molecule has 0 spiro atoms. The Hall–Kier alpha value is -1.88. The highest BCUT2D eigenvalue weighted by Gasteiger charge is 2.11. The standard InChI is InChI=1S/C14H14N2O2S/c15-14-3-1-2-10(16-14)9-19-11-4-5-12-13(8-11)18-7-6-17-12/h1-5,8H,6-7,9H2,(H2,15,16). The molecule has 0 saturated carbocycles. The molecule has 2 N–H and O–H groups in total. The van der Waals surface area contributed by atoms with Gasteiger partial charge in [0.2, 0.25) is 0 Å². The van der Waals surface area contributed by atoms with Crippen molar-refractivity contribution < 1.29 is 9.47 Å². The van der Waals surface area contributed by atoms with Crippen LogP contribution in [-0.4, -0.2) is 18.2 Å². The van der Waals surface area contributed by atoms with Crippen molar-refractivity contribution in [2.24, 2.45) is 0 Å². The molecule has 0 bridgehead atoms. The molecule has 0 saturated heterocycles. The van der Waals surface area contributed by atoms with Crippen LogP contribution in [0.1, 0.15) is 5.69 Å². The van der Waals surface area contributed by atoms with Crippen LogP contribution >= 0.6 is 11.8 Å². The topological polar surface area (TPSA) is 57.4 Å². The molecule has 0 aliphatic carbocycles. The zero-order valence-corrected chi connectivity index (χ0v) is 11.2. The van der Waals surface area contributed by atoms with E-state index < -0.39 is 0 Å². The predicted octanol–water partition coefficient (Wildman–Crippen LogP) is 2.73. The minimum Gasteiger partial charge on any atom is -0.486 e. The zero-order chi connectivity index (χ0) is 13.1. The highest BCUT2D eigenvalue weighted by Crippen LogP contribution is 2.34. The molecule has 0 amide bonds. The van der Waals surface area contributed by atoms with Crippen LogP contribution in [0.4, 0.5) is 5.82 Å². The van der Waals surface area contributed by atoms with Crippen molar-refractivity contribution in [2.75, 3.05) is 18.9 Å². The summed E-state index contributed by atoms with van der Waals surface area (Å²) in [6, 6.07) is 11.7. The Kier molecular flexibility index (Phi) is 3.46. The Bertz CT molecular complexity index is 589. The number of nitrogens with two attached hydrogens (primary N) is 1. The van der Waals surface area contributed by atoms with Crippen LogP contribution in [0.15, 0.2) is 41.3 Å². The minimum absolute atomic E-state index is 0.556. The molecule has 1 aliphatic rings. The van der Waals surface area contributed by atoms with Gasteiger partial charge in [0, 0.05) is 10.6 Å². The molecule has 19 heavy (non-hydrogen) atoms. The van der Waals surface area contributed by atoms with Gasteiger partial charge in [-0.25, -0.2) is 4.98 Å². The molecule has 1 aromatic carbocycles. The van der Waals surface area contributed by atoms with Crippen molar-refractivity contribution in [3.63, 3.8) is 0 Å². The van der Waals surface area contributed by atoms with Gasteiger partial charge in [0.1, 0.15) is 19.0 Å². The van der Waals surface area contributed by atoms with E-state index in [-0.39, 0.29) is 0 Å². The van der Waals surface area contributed by atoms with Gasteiger partial charge in [0.05, 0.1) is 5.69 Å². The number of benzene rings is 1. The van der Waals surface area contributed by atoms with Gasteiger partial charge in [-0.1, -0.05) is 6.07 Å². The average Bonchev–Trinajstić information content (AvgIpc) is 2.45. The van der Waals surface area contributed by atoms with Crippen molar-refractivity contribution in [1.29, 1.82) is 0 Å². The third-order valence-corrected chi connectivity index (χ3v) is 3.76. The Morgan fingerprint density at radius 3 is 2.79 bits per heavy atom. The Balaban J connectivity index is 1.70. The first-order valence-corrected chi connectivity index (χ1v) is 7.04. The zero-order valence-electron chi connectivity index (χ0n) is 10.3. The highest BCUT2D eigenvalue weighted by atomic mass is 32.2. The van der Waals surface area contributed by atoms with E-state index in [1.165, 1.54) is 0 Å². The number of pyridine rings is 1.